The van der Waals surface area contributed by atoms with Gasteiger partial charge in [-0.3, -0.25) is 9.59 Å². The number of benzene rings is 1. The summed E-state index contributed by atoms with van der Waals surface area (Å²) >= 11 is 1.15. The third kappa shape index (κ3) is 6.62. The van der Waals surface area contributed by atoms with E-state index in [2.05, 4.69) is 26.2 Å². The second-order valence-electron chi connectivity index (χ2n) is 8.65. The van der Waals surface area contributed by atoms with Crippen molar-refractivity contribution < 1.29 is 23.1 Å². The van der Waals surface area contributed by atoms with E-state index in [1.54, 1.807) is 27.1 Å². The van der Waals surface area contributed by atoms with Crippen molar-refractivity contribution in [3.63, 3.8) is 0 Å². The lowest BCUT2D eigenvalue weighted by Crippen LogP contribution is -2.43. The number of likely N-dealkylation sites (N-methyl/N-ethyl adjacent to an activating group) is 1. The zero-order valence-electron chi connectivity index (χ0n) is 20.5. The van der Waals surface area contributed by atoms with Gasteiger partial charge < -0.3 is 20.7 Å². The van der Waals surface area contributed by atoms with Gasteiger partial charge in [-0.2, -0.15) is 0 Å². The van der Waals surface area contributed by atoms with E-state index in [1.165, 1.54) is 35.5 Å². The fourth-order valence-electron chi connectivity index (χ4n) is 3.70. The number of amidine groups is 1. The number of halogens is 2. The normalized spacial score (nSPS) is 21.1. The van der Waals surface area contributed by atoms with Crippen LogP contribution in [0.25, 0.3) is 0 Å². The number of ether oxygens (including phenoxy) is 1. The van der Waals surface area contributed by atoms with E-state index in [0.29, 0.717) is 0 Å². The number of terminal acetylenes is 1. The molecule has 2 heterocycles. The van der Waals surface area contributed by atoms with Gasteiger partial charge in [0.05, 0.1) is 12.4 Å². The highest BCUT2D eigenvalue weighted by molar-refractivity contribution is 8.15. The minimum Gasteiger partial charge on any atom is -0.463 e. The number of carbonyl (C=O) groups excluding carboxylic acids is 2. The fraction of sp³-hybridized carbons (Fsp3) is 0.320. The van der Waals surface area contributed by atoms with Crippen molar-refractivity contribution in [2.24, 2.45) is 10.7 Å². The third-order valence-electron chi connectivity index (χ3n) is 5.44. The lowest BCUT2D eigenvalue weighted by atomic mass is 9.82. The quantitative estimate of drug-likeness (QED) is 0.399. The molecule has 0 saturated heterocycles. The largest absolute Gasteiger partial charge is 0.463 e. The molecule has 2 amide bonds. The predicted molar refractivity (Wildman–Crippen MR) is 138 cm³/mol. The Balaban J connectivity index is 1.89. The lowest BCUT2D eigenvalue weighted by Gasteiger charge is -2.40. The number of aromatic nitrogens is 2. The molecule has 0 radical (unpaired) electrons. The highest BCUT2D eigenvalue weighted by Crippen LogP contribution is 2.47. The van der Waals surface area contributed by atoms with Gasteiger partial charge in [0.1, 0.15) is 23.7 Å². The van der Waals surface area contributed by atoms with Gasteiger partial charge in [0.15, 0.2) is 11.8 Å². The maximum Gasteiger partial charge on any atom is 0.275 e. The van der Waals surface area contributed by atoms with Gasteiger partial charge in [0.2, 0.25) is 11.8 Å². The number of anilines is 1. The van der Waals surface area contributed by atoms with E-state index < -0.39 is 28.7 Å². The van der Waals surface area contributed by atoms with Crippen LogP contribution in [0.15, 0.2) is 47.7 Å². The van der Waals surface area contributed by atoms with Gasteiger partial charge in [-0.25, -0.2) is 23.7 Å². The van der Waals surface area contributed by atoms with Crippen LogP contribution in [0, 0.1) is 18.2 Å². The maximum atomic E-state index is 15.1. The Morgan fingerprint density at radius 2 is 2.11 bits per heavy atom. The molecule has 1 aromatic heterocycles. The van der Waals surface area contributed by atoms with Crippen LogP contribution < -0.4 is 15.8 Å². The van der Waals surface area contributed by atoms with Crippen LogP contribution in [0.1, 0.15) is 29.4 Å². The Labute approximate surface area is 217 Å². The summed E-state index contributed by atoms with van der Waals surface area (Å²) in [5, 5.41) is 2.65. The van der Waals surface area contributed by atoms with E-state index in [-0.39, 0.29) is 46.9 Å². The molecule has 1 aliphatic heterocycles. The van der Waals surface area contributed by atoms with Crippen LogP contribution in [0.5, 0.6) is 5.88 Å². The van der Waals surface area contributed by atoms with Crippen LogP contribution in [0.3, 0.4) is 0 Å². The SMILES string of the molecule is C#CCOc1cnc(C(=O)Nc2ccc(F)c([C@]3(CF)C[C@](C)(/C=C/C(=O)N(C)C)SC(N)=N3)c2)cn1. The van der Waals surface area contributed by atoms with Gasteiger partial charge in [-0.15, -0.1) is 6.42 Å². The number of amides is 2. The summed E-state index contributed by atoms with van der Waals surface area (Å²) in [7, 11) is 3.21. The Morgan fingerprint density at radius 1 is 1.35 bits per heavy atom. The van der Waals surface area contributed by atoms with Crippen LogP contribution in [-0.2, 0) is 10.3 Å². The topological polar surface area (TPSA) is 123 Å². The number of thioether (sulfide) groups is 1. The van der Waals surface area contributed by atoms with Gasteiger partial charge >= 0.3 is 0 Å². The predicted octanol–water partition coefficient (Wildman–Crippen LogP) is 2.90. The van der Waals surface area contributed by atoms with E-state index in [1.807, 2.05) is 0 Å². The first-order valence-electron chi connectivity index (χ1n) is 11.0. The van der Waals surface area contributed by atoms with Crippen molar-refractivity contribution in [2.75, 3.05) is 32.7 Å². The molecule has 12 heteroatoms. The lowest BCUT2D eigenvalue weighted by molar-refractivity contribution is -0.123. The Morgan fingerprint density at radius 3 is 2.73 bits per heavy atom. The third-order valence-corrected chi connectivity index (χ3v) is 6.48. The highest BCUT2D eigenvalue weighted by Gasteiger charge is 2.45. The Bertz CT molecular complexity index is 1280. The summed E-state index contributed by atoms with van der Waals surface area (Å²) in [5.74, 6) is 0.837. The second-order valence-corrected chi connectivity index (χ2v) is 10.2. The van der Waals surface area contributed by atoms with Crippen LogP contribution in [-0.4, -0.2) is 64.0 Å². The molecule has 0 bridgehead atoms. The number of nitrogens with one attached hydrogen (secondary N) is 1. The minimum atomic E-state index is -1.67. The van der Waals surface area contributed by atoms with E-state index >= 15 is 4.39 Å². The second kappa shape index (κ2) is 11.4. The molecule has 1 aromatic carbocycles. The van der Waals surface area contributed by atoms with Crippen molar-refractivity contribution in [3.05, 3.63) is 59.8 Å². The number of carbonyl (C=O) groups is 2. The number of nitrogens with two attached hydrogens (primary N) is 1. The van der Waals surface area contributed by atoms with Gasteiger partial charge in [0.25, 0.3) is 5.91 Å². The van der Waals surface area contributed by atoms with Crippen LogP contribution in [0.2, 0.25) is 0 Å². The molecule has 0 aliphatic carbocycles. The van der Waals surface area contributed by atoms with Crippen molar-refractivity contribution >= 4 is 34.4 Å². The molecule has 3 rings (SSSR count). The molecule has 3 N–H and O–H groups in total. The zero-order chi connectivity index (χ0) is 27.2. The Kier molecular flexibility index (Phi) is 8.49. The molecule has 0 saturated carbocycles. The summed E-state index contributed by atoms with van der Waals surface area (Å²) < 4.78 is 34.0. The molecule has 2 atom stereocenters. The Hall–Kier alpha value is -3.98. The average molecular weight is 529 g/mol. The molecule has 0 fully saturated rings. The van der Waals surface area contributed by atoms with Crippen molar-refractivity contribution in [1.29, 1.82) is 0 Å². The molecule has 0 unspecified atom stereocenters. The number of alkyl halides is 1. The zero-order valence-corrected chi connectivity index (χ0v) is 21.3. The smallest absolute Gasteiger partial charge is 0.275 e. The summed E-state index contributed by atoms with van der Waals surface area (Å²) in [4.78, 5) is 38.3. The molecular weight excluding hydrogens is 502 g/mol. The van der Waals surface area contributed by atoms with Crippen molar-refractivity contribution in [3.8, 4) is 18.2 Å². The average Bonchev–Trinajstić information content (AvgIpc) is 2.86. The van der Waals surface area contributed by atoms with Crippen LogP contribution in [0.4, 0.5) is 14.5 Å². The highest BCUT2D eigenvalue weighted by atomic mass is 32.2. The first-order chi connectivity index (χ1) is 17.5. The molecule has 9 nitrogen and oxygen atoms in total. The van der Waals surface area contributed by atoms with Gasteiger partial charge in [-0.1, -0.05) is 23.8 Å². The van der Waals surface area contributed by atoms with E-state index in [0.717, 1.165) is 17.8 Å². The first kappa shape index (κ1) is 27.6. The summed E-state index contributed by atoms with van der Waals surface area (Å²) in [6.45, 7) is 0.710. The monoisotopic (exact) mass is 528 g/mol. The number of rotatable bonds is 8. The maximum absolute atomic E-state index is 15.1. The number of aliphatic imine (C=N–C) groups is 1. The van der Waals surface area contributed by atoms with Crippen LogP contribution >= 0.6 is 11.8 Å². The van der Waals surface area contributed by atoms with Gasteiger partial charge in [0, 0.05) is 36.2 Å². The fourth-order valence-corrected chi connectivity index (χ4v) is 4.85. The molecule has 2 aromatic rings. The number of nitrogens with zero attached hydrogens (tertiary/aromatic N) is 4. The molecule has 1 aliphatic rings. The first-order valence-corrected chi connectivity index (χ1v) is 11.8. The number of hydrogen-bond donors (Lipinski definition) is 2. The minimum absolute atomic E-state index is 0.00119. The summed E-state index contributed by atoms with van der Waals surface area (Å²) in [6.07, 6.45) is 10.6. The molecule has 37 heavy (non-hydrogen) atoms. The van der Waals surface area contributed by atoms with E-state index in [9.17, 15) is 14.0 Å². The molecule has 194 valence electrons. The van der Waals surface area contributed by atoms with Crippen molar-refractivity contribution in [1.82, 2.24) is 14.9 Å². The number of hydrogen-bond acceptors (Lipinski definition) is 8. The molecular formula is C25H26F2N6O3S. The summed E-state index contributed by atoms with van der Waals surface area (Å²) in [5.41, 5.74) is 4.45. The van der Waals surface area contributed by atoms with Gasteiger partial charge in [-0.05, 0) is 31.5 Å². The summed E-state index contributed by atoms with van der Waals surface area (Å²) in [6, 6.07) is 3.76. The van der Waals surface area contributed by atoms with Crippen molar-refractivity contribution in [2.45, 2.75) is 23.6 Å². The molecule has 0 spiro atoms. The standard InChI is InChI=1S/C25H26F2N6O3S/c1-5-10-36-20-13-29-19(12-30-20)22(35)31-16-6-7-18(27)17(11-16)25(15-26)14-24(2,37-23(28)32-25)9-8-21(34)33(3)4/h1,6-9,11-13H,10,14-15H2,2-4H3,(H2,28,32)(H,31,35)/b9-8+/t24-,25+/m0/s1. The van der Waals surface area contributed by atoms with E-state index in [4.69, 9.17) is 16.9 Å².